The minimum absolute atomic E-state index is 0.0280. The van der Waals surface area contributed by atoms with E-state index in [0.29, 0.717) is 5.75 Å². The maximum Gasteiger partial charge on any atom is 0.241 e. The lowest BCUT2D eigenvalue weighted by molar-refractivity contribution is -0.120. The van der Waals surface area contributed by atoms with Crippen LogP contribution in [0.15, 0.2) is 42.7 Å². The molecule has 0 aliphatic carbocycles. The second-order valence-corrected chi connectivity index (χ2v) is 6.18. The molecule has 1 N–H and O–H groups in total. The summed E-state index contributed by atoms with van der Waals surface area (Å²) in [7, 11) is 1.62. The van der Waals surface area contributed by atoms with E-state index in [2.05, 4.69) is 15.2 Å². The largest absolute Gasteiger partial charge is 0.495 e. The first-order chi connectivity index (χ1) is 11.7. The van der Waals surface area contributed by atoms with Crippen LogP contribution in [0.4, 0.5) is 5.69 Å². The van der Waals surface area contributed by atoms with Gasteiger partial charge >= 0.3 is 0 Å². The molecule has 1 aliphatic heterocycles. The standard InChI is InChI=1S/C19H23N3O2/c1-14-7-8-18(24-2)16(11-14)21-19(23)17-6-4-10-22(17)13-15-5-3-9-20-12-15/h3,5,7-9,11-12,17H,4,6,10,13H2,1-2H3,(H,21,23)/t17-/m0/s1. The Morgan fingerprint density at radius 1 is 1.42 bits per heavy atom. The van der Waals surface area contributed by atoms with Crippen LogP contribution in [0, 0.1) is 6.92 Å². The lowest BCUT2D eigenvalue weighted by Gasteiger charge is -2.24. The van der Waals surface area contributed by atoms with Crippen LogP contribution in [0.1, 0.15) is 24.0 Å². The molecule has 5 nitrogen and oxygen atoms in total. The van der Waals surface area contributed by atoms with Gasteiger partial charge in [0.2, 0.25) is 5.91 Å². The molecular weight excluding hydrogens is 302 g/mol. The number of ether oxygens (including phenoxy) is 1. The zero-order chi connectivity index (χ0) is 16.9. The van der Waals surface area contributed by atoms with Crippen LogP contribution in [-0.4, -0.2) is 35.5 Å². The summed E-state index contributed by atoms with van der Waals surface area (Å²) in [5, 5.41) is 3.04. The molecule has 126 valence electrons. The second-order valence-electron chi connectivity index (χ2n) is 6.18. The summed E-state index contributed by atoms with van der Waals surface area (Å²) in [6.07, 6.45) is 5.53. The van der Waals surface area contributed by atoms with Crippen LogP contribution >= 0.6 is 0 Å². The van der Waals surface area contributed by atoms with Crippen molar-refractivity contribution >= 4 is 11.6 Å². The van der Waals surface area contributed by atoms with E-state index in [4.69, 9.17) is 4.74 Å². The van der Waals surface area contributed by atoms with Gasteiger partial charge in [-0.1, -0.05) is 12.1 Å². The van der Waals surface area contributed by atoms with E-state index in [0.717, 1.165) is 42.7 Å². The SMILES string of the molecule is COc1ccc(C)cc1NC(=O)[C@@H]1CCCN1Cc1cccnc1. The molecule has 1 saturated heterocycles. The normalized spacial score (nSPS) is 17.7. The number of anilines is 1. The molecule has 1 amide bonds. The van der Waals surface area contributed by atoms with Crippen molar-refractivity contribution in [1.29, 1.82) is 0 Å². The second kappa shape index (κ2) is 7.45. The van der Waals surface area contributed by atoms with E-state index < -0.39 is 0 Å². The molecule has 2 aromatic rings. The number of hydrogen-bond acceptors (Lipinski definition) is 4. The molecule has 0 unspecified atom stereocenters. The Kier molecular flexibility index (Phi) is 5.11. The number of hydrogen-bond donors (Lipinski definition) is 1. The predicted octanol–water partition coefficient (Wildman–Crippen LogP) is 3.00. The summed E-state index contributed by atoms with van der Waals surface area (Å²) < 4.78 is 5.35. The first kappa shape index (κ1) is 16.5. The Hall–Kier alpha value is -2.40. The van der Waals surface area contributed by atoms with Gasteiger partial charge in [0.25, 0.3) is 0 Å². The van der Waals surface area contributed by atoms with E-state index in [1.165, 1.54) is 0 Å². The third-order valence-electron chi connectivity index (χ3n) is 4.39. The van der Waals surface area contributed by atoms with Crippen molar-refractivity contribution < 1.29 is 9.53 Å². The Bertz CT molecular complexity index is 703. The number of carbonyl (C=O) groups is 1. The van der Waals surface area contributed by atoms with Crippen molar-refractivity contribution in [3.8, 4) is 5.75 Å². The summed E-state index contributed by atoms with van der Waals surface area (Å²) in [6.45, 7) is 3.67. The first-order valence-corrected chi connectivity index (χ1v) is 8.26. The molecule has 5 heteroatoms. The van der Waals surface area contributed by atoms with E-state index in [-0.39, 0.29) is 11.9 Å². The summed E-state index contributed by atoms with van der Waals surface area (Å²) >= 11 is 0. The molecular formula is C19H23N3O2. The summed E-state index contributed by atoms with van der Waals surface area (Å²) in [5.74, 6) is 0.714. The Labute approximate surface area is 142 Å². The minimum Gasteiger partial charge on any atom is -0.495 e. The number of aryl methyl sites for hydroxylation is 1. The number of nitrogens with zero attached hydrogens (tertiary/aromatic N) is 2. The molecule has 0 bridgehead atoms. The van der Waals surface area contributed by atoms with Gasteiger partial charge in [-0.15, -0.1) is 0 Å². The zero-order valence-electron chi connectivity index (χ0n) is 14.2. The van der Waals surface area contributed by atoms with Gasteiger partial charge in [0.1, 0.15) is 5.75 Å². The van der Waals surface area contributed by atoms with Crippen LogP contribution in [-0.2, 0) is 11.3 Å². The molecule has 0 radical (unpaired) electrons. The van der Waals surface area contributed by atoms with E-state index >= 15 is 0 Å². The monoisotopic (exact) mass is 325 g/mol. The Morgan fingerprint density at radius 2 is 2.29 bits per heavy atom. The number of aromatic nitrogens is 1. The number of nitrogens with one attached hydrogen (secondary N) is 1. The highest BCUT2D eigenvalue weighted by molar-refractivity contribution is 5.96. The fourth-order valence-electron chi connectivity index (χ4n) is 3.17. The predicted molar refractivity (Wildman–Crippen MR) is 94.0 cm³/mol. The number of rotatable bonds is 5. The highest BCUT2D eigenvalue weighted by Crippen LogP contribution is 2.27. The van der Waals surface area contributed by atoms with Gasteiger partial charge in [0.15, 0.2) is 0 Å². The first-order valence-electron chi connectivity index (χ1n) is 8.26. The van der Waals surface area contributed by atoms with Crippen molar-refractivity contribution in [1.82, 2.24) is 9.88 Å². The number of methoxy groups -OCH3 is 1. The fraction of sp³-hybridized carbons (Fsp3) is 0.368. The van der Waals surface area contributed by atoms with Crippen molar-refractivity contribution in [2.24, 2.45) is 0 Å². The van der Waals surface area contributed by atoms with Crippen molar-refractivity contribution in [2.45, 2.75) is 32.4 Å². The average molecular weight is 325 g/mol. The topological polar surface area (TPSA) is 54.5 Å². The van der Waals surface area contributed by atoms with Gasteiger partial charge in [0.05, 0.1) is 18.8 Å². The van der Waals surface area contributed by atoms with Crippen LogP contribution in [0.2, 0.25) is 0 Å². The number of likely N-dealkylation sites (tertiary alicyclic amines) is 1. The number of carbonyl (C=O) groups excluding carboxylic acids is 1. The number of amides is 1. The van der Waals surface area contributed by atoms with Crippen molar-refractivity contribution in [3.63, 3.8) is 0 Å². The molecule has 0 saturated carbocycles. The smallest absolute Gasteiger partial charge is 0.241 e. The lowest BCUT2D eigenvalue weighted by Crippen LogP contribution is -2.39. The fourth-order valence-corrected chi connectivity index (χ4v) is 3.17. The van der Waals surface area contributed by atoms with Gasteiger partial charge in [-0.2, -0.15) is 0 Å². The minimum atomic E-state index is -0.115. The van der Waals surface area contributed by atoms with Crippen LogP contribution in [0.5, 0.6) is 5.75 Å². The van der Waals surface area contributed by atoms with Gasteiger partial charge in [-0.25, -0.2) is 0 Å². The summed E-state index contributed by atoms with van der Waals surface area (Å²) in [6, 6.07) is 9.65. The Morgan fingerprint density at radius 3 is 3.04 bits per heavy atom. The number of benzene rings is 1. The maximum absolute atomic E-state index is 12.8. The summed E-state index contributed by atoms with van der Waals surface area (Å²) in [4.78, 5) is 19.1. The molecule has 3 rings (SSSR count). The zero-order valence-corrected chi connectivity index (χ0v) is 14.2. The number of pyridine rings is 1. The highest BCUT2D eigenvalue weighted by Gasteiger charge is 2.31. The third kappa shape index (κ3) is 3.74. The van der Waals surface area contributed by atoms with Gasteiger partial charge in [-0.3, -0.25) is 14.7 Å². The molecule has 1 aromatic carbocycles. The van der Waals surface area contributed by atoms with Gasteiger partial charge in [-0.05, 0) is 55.6 Å². The quantitative estimate of drug-likeness (QED) is 0.918. The van der Waals surface area contributed by atoms with Gasteiger partial charge in [0, 0.05) is 18.9 Å². The van der Waals surface area contributed by atoms with E-state index in [9.17, 15) is 4.79 Å². The molecule has 24 heavy (non-hydrogen) atoms. The summed E-state index contributed by atoms with van der Waals surface area (Å²) in [5.41, 5.74) is 2.95. The Balaban J connectivity index is 1.71. The van der Waals surface area contributed by atoms with E-state index in [1.807, 2.05) is 43.5 Å². The highest BCUT2D eigenvalue weighted by atomic mass is 16.5. The van der Waals surface area contributed by atoms with Crippen LogP contribution in [0.3, 0.4) is 0 Å². The molecule has 0 spiro atoms. The molecule has 2 heterocycles. The average Bonchev–Trinajstić information content (AvgIpc) is 3.04. The van der Waals surface area contributed by atoms with Crippen LogP contribution in [0.25, 0.3) is 0 Å². The van der Waals surface area contributed by atoms with E-state index in [1.54, 1.807) is 13.3 Å². The van der Waals surface area contributed by atoms with Crippen molar-refractivity contribution in [2.75, 3.05) is 19.0 Å². The maximum atomic E-state index is 12.8. The van der Waals surface area contributed by atoms with Gasteiger partial charge < -0.3 is 10.1 Å². The van der Waals surface area contributed by atoms with Crippen LogP contribution < -0.4 is 10.1 Å². The van der Waals surface area contributed by atoms with Crippen molar-refractivity contribution in [3.05, 3.63) is 53.9 Å². The third-order valence-corrected chi connectivity index (χ3v) is 4.39. The molecule has 1 aromatic heterocycles. The molecule has 1 aliphatic rings. The molecule has 1 atom stereocenters. The lowest BCUT2D eigenvalue weighted by atomic mass is 10.1. The molecule has 1 fully saturated rings.